The second-order valence-corrected chi connectivity index (χ2v) is 3.65. The Balaban J connectivity index is 2.49. The molecule has 1 aliphatic rings. The minimum Gasteiger partial charge on any atom is -0.325 e. The maximum Gasteiger partial charge on any atom is 0.116 e. The van der Waals surface area contributed by atoms with E-state index in [-0.39, 0.29) is 6.04 Å². The van der Waals surface area contributed by atoms with Gasteiger partial charge in [0.05, 0.1) is 0 Å². The van der Waals surface area contributed by atoms with Crippen LogP contribution in [0.3, 0.4) is 0 Å². The van der Waals surface area contributed by atoms with Crippen molar-refractivity contribution < 1.29 is 4.39 Å². The molecule has 2 N–H and O–H groups in total. The number of hydrogen-bond donors (Lipinski definition) is 1. The largest absolute Gasteiger partial charge is 0.325 e. The Bertz CT molecular complexity index is 104. The van der Waals surface area contributed by atoms with Crippen molar-refractivity contribution in [3.8, 4) is 0 Å². The molecule has 0 aliphatic heterocycles. The summed E-state index contributed by atoms with van der Waals surface area (Å²) in [5.74, 6) is 0.878. The highest BCUT2D eigenvalue weighted by Crippen LogP contribution is 2.29. The van der Waals surface area contributed by atoms with Gasteiger partial charge in [0.1, 0.15) is 6.17 Å². The molecule has 0 aromatic carbocycles. The molecule has 0 heterocycles. The van der Waals surface area contributed by atoms with Gasteiger partial charge in [-0.1, -0.05) is 13.8 Å². The van der Waals surface area contributed by atoms with Crippen molar-refractivity contribution in [3.63, 3.8) is 0 Å². The molecule has 0 unspecified atom stereocenters. The first-order valence-electron chi connectivity index (χ1n) is 4.01. The molecule has 2 heteroatoms. The van der Waals surface area contributed by atoms with Crippen molar-refractivity contribution >= 4 is 0 Å². The third-order valence-corrected chi connectivity index (χ3v) is 2.48. The average molecular weight is 145 g/mol. The van der Waals surface area contributed by atoms with Crippen LogP contribution >= 0.6 is 0 Å². The number of rotatable bonds is 0. The zero-order valence-electron chi connectivity index (χ0n) is 6.68. The maximum absolute atomic E-state index is 13.0. The quantitative estimate of drug-likeness (QED) is 0.552. The smallest absolute Gasteiger partial charge is 0.116 e. The fourth-order valence-electron chi connectivity index (χ4n) is 1.79. The van der Waals surface area contributed by atoms with Crippen molar-refractivity contribution in [1.29, 1.82) is 0 Å². The number of hydrogen-bond acceptors (Lipinski definition) is 1. The van der Waals surface area contributed by atoms with E-state index in [0.29, 0.717) is 18.3 Å². The molecule has 0 bridgehead atoms. The van der Waals surface area contributed by atoms with Crippen LogP contribution in [0.2, 0.25) is 0 Å². The summed E-state index contributed by atoms with van der Waals surface area (Å²) < 4.78 is 13.0. The van der Waals surface area contributed by atoms with E-state index in [0.717, 1.165) is 6.42 Å². The minimum atomic E-state index is -0.765. The fraction of sp³-hybridized carbons (Fsp3) is 1.00. The summed E-state index contributed by atoms with van der Waals surface area (Å²) >= 11 is 0. The van der Waals surface area contributed by atoms with Gasteiger partial charge in [0, 0.05) is 6.04 Å². The lowest BCUT2D eigenvalue weighted by atomic mass is 9.79. The molecule has 0 spiro atoms. The first kappa shape index (κ1) is 7.99. The molecular weight excluding hydrogens is 129 g/mol. The molecule has 1 aliphatic carbocycles. The van der Waals surface area contributed by atoms with Gasteiger partial charge >= 0.3 is 0 Å². The first-order valence-corrected chi connectivity index (χ1v) is 4.01. The summed E-state index contributed by atoms with van der Waals surface area (Å²) in [5, 5.41) is 0. The van der Waals surface area contributed by atoms with Crippen molar-refractivity contribution in [2.24, 2.45) is 17.6 Å². The molecular formula is C8H16FN. The van der Waals surface area contributed by atoms with Gasteiger partial charge in [-0.25, -0.2) is 4.39 Å². The van der Waals surface area contributed by atoms with E-state index in [9.17, 15) is 4.39 Å². The topological polar surface area (TPSA) is 26.0 Å². The molecule has 0 saturated heterocycles. The lowest BCUT2D eigenvalue weighted by molar-refractivity contribution is 0.135. The first-order chi connectivity index (χ1) is 4.61. The van der Waals surface area contributed by atoms with Gasteiger partial charge in [0.2, 0.25) is 0 Å². The summed E-state index contributed by atoms with van der Waals surface area (Å²) in [7, 11) is 0. The second kappa shape index (κ2) is 2.87. The number of halogens is 1. The van der Waals surface area contributed by atoms with E-state index >= 15 is 0 Å². The molecule has 1 nitrogen and oxygen atoms in total. The Morgan fingerprint density at radius 3 is 2.40 bits per heavy atom. The molecule has 0 aromatic rings. The summed E-state index contributed by atoms with van der Waals surface area (Å²) in [4.78, 5) is 0. The SMILES string of the molecule is C[C@@H]1C[C@H](C)[C@@H](N)[C@@H](F)C1. The van der Waals surface area contributed by atoms with Crippen LogP contribution in [0.5, 0.6) is 0 Å². The lowest BCUT2D eigenvalue weighted by Crippen LogP contribution is -2.43. The van der Waals surface area contributed by atoms with Gasteiger partial charge in [0.25, 0.3) is 0 Å². The third kappa shape index (κ3) is 1.48. The number of alkyl halides is 1. The van der Waals surface area contributed by atoms with Gasteiger partial charge in [-0.05, 0) is 24.7 Å². The molecule has 10 heavy (non-hydrogen) atoms. The van der Waals surface area contributed by atoms with Crippen molar-refractivity contribution in [2.75, 3.05) is 0 Å². The minimum absolute atomic E-state index is 0.212. The Morgan fingerprint density at radius 1 is 1.30 bits per heavy atom. The predicted octanol–water partition coefficient (Wildman–Crippen LogP) is 1.72. The van der Waals surface area contributed by atoms with Crippen LogP contribution in [0.15, 0.2) is 0 Å². The van der Waals surface area contributed by atoms with Gasteiger partial charge in [-0.2, -0.15) is 0 Å². The van der Waals surface area contributed by atoms with Gasteiger partial charge < -0.3 is 5.73 Å². The van der Waals surface area contributed by atoms with E-state index in [1.807, 2.05) is 6.92 Å². The Morgan fingerprint density at radius 2 is 1.90 bits per heavy atom. The normalized spacial score (nSPS) is 49.2. The van der Waals surface area contributed by atoms with Crippen LogP contribution in [0.25, 0.3) is 0 Å². The summed E-state index contributed by atoms with van der Waals surface area (Å²) in [6.07, 6.45) is 0.978. The molecule has 0 amide bonds. The fourth-order valence-corrected chi connectivity index (χ4v) is 1.79. The van der Waals surface area contributed by atoms with Gasteiger partial charge in [0.15, 0.2) is 0 Å². The highest BCUT2D eigenvalue weighted by molar-refractivity contribution is 4.85. The van der Waals surface area contributed by atoms with Crippen LogP contribution in [0.4, 0.5) is 4.39 Å². The van der Waals surface area contributed by atoms with Crippen molar-refractivity contribution in [2.45, 2.75) is 38.9 Å². The van der Waals surface area contributed by atoms with Gasteiger partial charge in [-0.3, -0.25) is 0 Å². The summed E-state index contributed by atoms with van der Waals surface area (Å²) in [6, 6.07) is -0.212. The molecule has 4 atom stereocenters. The molecule has 0 radical (unpaired) electrons. The Hall–Kier alpha value is -0.110. The predicted molar refractivity (Wildman–Crippen MR) is 40.4 cm³/mol. The van der Waals surface area contributed by atoms with Crippen LogP contribution < -0.4 is 5.73 Å². The van der Waals surface area contributed by atoms with E-state index in [1.165, 1.54) is 0 Å². The van der Waals surface area contributed by atoms with E-state index in [4.69, 9.17) is 5.73 Å². The summed E-state index contributed by atoms with van der Waals surface area (Å²) in [5.41, 5.74) is 5.61. The molecule has 1 fully saturated rings. The van der Waals surface area contributed by atoms with Gasteiger partial charge in [-0.15, -0.1) is 0 Å². The average Bonchev–Trinajstić information content (AvgIpc) is 1.82. The lowest BCUT2D eigenvalue weighted by Gasteiger charge is -2.32. The monoisotopic (exact) mass is 145 g/mol. The maximum atomic E-state index is 13.0. The third-order valence-electron chi connectivity index (χ3n) is 2.48. The highest BCUT2D eigenvalue weighted by atomic mass is 19.1. The second-order valence-electron chi connectivity index (χ2n) is 3.65. The van der Waals surface area contributed by atoms with Crippen LogP contribution in [0.1, 0.15) is 26.7 Å². The molecule has 1 rings (SSSR count). The van der Waals surface area contributed by atoms with Crippen molar-refractivity contribution in [1.82, 2.24) is 0 Å². The van der Waals surface area contributed by atoms with Crippen LogP contribution in [-0.2, 0) is 0 Å². The van der Waals surface area contributed by atoms with Crippen LogP contribution in [0, 0.1) is 11.8 Å². The highest BCUT2D eigenvalue weighted by Gasteiger charge is 2.30. The van der Waals surface area contributed by atoms with E-state index in [2.05, 4.69) is 6.92 Å². The molecule has 1 saturated carbocycles. The van der Waals surface area contributed by atoms with Crippen molar-refractivity contribution in [3.05, 3.63) is 0 Å². The van der Waals surface area contributed by atoms with E-state index in [1.54, 1.807) is 0 Å². The Labute approximate surface area is 61.8 Å². The van der Waals surface area contributed by atoms with E-state index < -0.39 is 6.17 Å². The summed E-state index contributed by atoms with van der Waals surface area (Å²) in [6.45, 7) is 4.13. The molecule has 60 valence electrons. The van der Waals surface area contributed by atoms with Crippen LogP contribution in [-0.4, -0.2) is 12.2 Å². The number of nitrogens with two attached hydrogens (primary N) is 1. The zero-order valence-corrected chi connectivity index (χ0v) is 6.68. The molecule has 0 aromatic heterocycles. The zero-order chi connectivity index (χ0) is 7.72. The Kier molecular flexibility index (Phi) is 2.29. The standard InChI is InChI=1S/C8H16FN/c1-5-3-6(2)8(10)7(9)4-5/h5-8H,3-4,10H2,1-2H3/t5-,6+,7+,8-/m1/s1.